The summed E-state index contributed by atoms with van der Waals surface area (Å²) >= 11 is 12.5. The van der Waals surface area contributed by atoms with E-state index in [1.165, 1.54) is 11.1 Å². The van der Waals surface area contributed by atoms with Crippen molar-refractivity contribution in [3.05, 3.63) is 63.1 Å². The van der Waals surface area contributed by atoms with Crippen LogP contribution in [0.2, 0.25) is 10.0 Å². The molecule has 0 aromatic heterocycles. The van der Waals surface area contributed by atoms with Gasteiger partial charge in [0.05, 0.1) is 18.6 Å². The third-order valence-corrected chi connectivity index (χ3v) is 6.94. The third-order valence-electron chi connectivity index (χ3n) is 6.23. The topological polar surface area (TPSA) is 48.0 Å². The predicted molar refractivity (Wildman–Crippen MR) is 130 cm³/mol. The largest absolute Gasteiger partial charge is 0.489 e. The number of likely N-dealkylation sites (tertiary alicyclic amines) is 1. The highest BCUT2D eigenvalue weighted by Gasteiger charge is 2.42. The molecule has 0 amide bonds. The zero-order chi connectivity index (χ0) is 23.6. The van der Waals surface area contributed by atoms with Crippen molar-refractivity contribution >= 4 is 29.2 Å². The second kappa shape index (κ2) is 9.83. The van der Waals surface area contributed by atoms with Crippen molar-refractivity contribution < 1.29 is 19.0 Å². The molecule has 0 unspecified atom stereocenters. The van der Waals surface area contributed by atoms with Crippen LogP contribution in [-0.2, 0) is 33.1 Å². The number of nitrogens with zero attached hydrogens (tertiary/aromatic N) is 1. The van der Waals surface area contributed by atoms with E-state index in [0.717, 1.165) is 43.8 Å². The average Bonchev–Trinajstić information content (AvgIpc) is 3.09. The van der Waals surface area contributed by atoms with Crippen molar-refractivity contribution in [1.82, 2.24) is 4.90 Å². The first-order valence-corrected chi connectivity index (χ1v) is 12.2. The molecule has 2 aromatic rings. The molecule has 33 heavy (non-hydrogen) atoms. The molecule has 4 rings (SSSR count). The Kier molecular flexibility index (Phi) is 7.25. The van der Waals surface area contributed by atoms with E-state index in [0.29, 0.717) is 29.7 Å². The van der Waals surface area contributed by atoms with E-state index >= 15 is 0 Å². The summed E-state index contributed by atoms with van der Waals surface area (Å²) in [5.74, 6) is 0.635. The Morgan fingerprint density at radius 3 is 2.48 bits per heavy atom. The number of halogens is 2. The van der Waals surface area contributed by atoms with Crippen LogP contribution in [0.5, 0.6) is 5.75 Å². The smallest absolute Gasteiger partial charge is 0.307 e. The van der Waals surface area contributed by atoms with Gasteiger partial charge in [0.1, 0.15) is 18.0 Å². The molecule has 178 valence electrons. The van der Waals surface area contributed by atoms with Crippen LogP contribution in [0.25, 0.3) is 0 Å². The number of esters is 1. The van der Waals surface area contributed by atoms with Crippen LogP contribution in [0.4, 0.5) is 0 Å². The normalized spacial score (nSPS) is 17.7. The molecule has 0 bridgehead atoms. The van der Waals surface area contributed by atoms with Crippen molar-refractivity contribution in [2.45, 2.75) is 64.4 Å². The third kappa shape index (κ3) is 5.83. The van der Waals surface area contributed by atoms with E-state index in [1.807, 2.05) is 45.0 Å². The Hall–Kier alpha value is -1.79. The Bertz CT molecular complexity index is 990. The van der Waals surface area contributed by atoms with Crippen molar-refractivity contribution in [3.63, 3.8) is 0 Å². The Morgan fingerprint density at radius 2 is 1.82 bits per heavy atom. The van der Waals surface area contributed by atoms with Crippen LogP contribution in [-0.4, -0.2) is 36.1 Å². The predicted octanol–water partition coefficient (Wildman–Crippen LogP) is 6.13. The van der Waals surface area contributed by atoms with E-state index < -0.39 is 5.60 Å². The number of hydrogen-bond donors (Lipinski definition) is 0. The maximum Gasteiger partial charge on any atom is 0.307 e. The van der Waals surface area contributed by atoms with Crippen molar-refractivity contribution in [2.24, 2.45) is 0 Å². The zero-order valence-electron chi connectivity index (χ0n) is 19.5. The molecule has 2 heterocycles. The van der Waals surface area contributed by atoms with Gasteiger partial charge in [0, 0.05) is 35.2 Å². The molecule has 0 radical (unpaired) electrons. The van der Waals surface area contributed by atoms with Crippen LogP contribution in [0, 0.1) is 0 Å². The van der Waals surface area contributed by atoms with Crippen molar-refractivity contribution in [3.8, 4) is 5.75 Å². The van der Waals surface area contributed by atoms with Gasteiger partial charge in [-0.2, -0.15) is 0 Å². The standard InChI is InChI=1S/C26H31Cl2NO4/c1-25(2,3)33-24(30)9-12-29-13-10-26(11-14-29)21-8-7-19(15-18(21)16-32-26)31-17-20-22(27)5-4-6-23(20)28/h4-8,15H,9-14,16-17H2,1-3H3. The number of carbonyl (C=O) groups excluding carboxylic acids is 1. The SMILES string of the molecule is CC(C)(C)OC(=O)CCN1CCC2(CC1)OCc1cc(OCc3c(Cl)cccc3Cl)ccc12. The summed E-state index contributed by atoms with van der Waals surface area (Å²) < 4.78 is 17.7. The molecule has 2 aromatic carbocycles. The van der Waals surface area contributed by atoms with E-state index in [4.69, 9.17) is 37.4 Å². The maximum absolute atomic E-state index is 12.0. The van der Waals surface area contributed by atoms with Crippen LogP contribution < -0.4 is 4.74 Å². The van der Waals surface area contributed by atoms with Gasteiger partial charge in [-0.15, -0.1) is 0 Å². The molecule has 0 saturated carbocycles. The minimum Gasteiger partial charge on any atom is -0.489 e. The molecule has 2 aliphatic heterocycles. The van der Waals surface area contributed by atoms with Crippen molar-refractivity contribution in [1.29, 1.82) is 0 Å². The fraction of sp³-hybridized carbons (Fsp3) is 0.500. The van der Waals surface area contributed by atoms with Gasteiger partial charge in [-0.05, 0) is 69.0 Å². The Labute approximate surface area is 205 Å². The van der Waals surface area contributed by atoms with Gasteiger partial charge >= 0.3 is 5.97 Å². The van der Waals surface area contributed by atoms with Gasteiger partial charge in [0.25, 0.3) is 0 Å². The molecule has 2 aliphatic rings. The van der Waals surface area contributed by atoms with Gasteiger partial charge in [-0.25, -0.2) is 0 Å². The molecule has 0 atom stereocenters. The van der Waals surface area contributed by atoms with E-state index in [2.05, 4.69) is 17.0 Å². The summed E-state index contributed by atoms with van der Waals surface area (Å²) in [5, 5.41) is 1.20. The lowest BCUT2D eigenvalue weighted by Gasteiger charge is -2.39. The highest BCUT2D eigenvalue weighted by molar-refractivity contribution is 6.35. The quantitative estimate of drug-likeness (QED) is 0.455. The zero-order valence-corrected chi connectivity index (χ0v) is 21.0. The minimum atomic E-state index is -0.438. The molecule has 7 heteroatoms. The van der Waals surface area contributed by atoms with Gasteiger partial charge in [-0.3, -0.25) is 4.79 Å². The molecule has 0 aliphatic carbocycles. The fourth-order valence-corrected chi connectivity index (χ4v) is 5.04. The lowest BCUT2D eigenvalue weighted by atomic mass is 9.83. The number of fused-ring (bicyclic) bond motifs is 2. The number of ether oxygens (including phenoxy) is 3. The lowest BCUT2D eigenvalue weighted by molar-refractivity contribution is -0.155. The summed E-state index contributed by atoms with van der Waals surface area (Å²) in [7, 11) is 0. The van der Waals surface area contributed by atoms with E-state index in [9.17, 15) is 4.79 Å². The lowest BCUT2D eigenvalue weighted by Crippen LogP contribution is -2.43. The minimum absolute atomic E-state index is 0.143. The molecule has 1 spiro atoms. The fourth-order valence-electron chi connectivity index (χ4n) is 4.54. The highest BCUT2D eigenvalue weighted by atomic mass is 35.5. The second-order valence-electron chi connectivity index (χ2n) is 9.77. The molecular formula is C26H31Cl2NO4. The molecule has 5 nitrogen and oxygen atoms in total. The summed E-state index contributed by atoms with van der Waals surface area (Å²) in [6.45, 7) is 9.09. The van der Waals surface area contributed by atoms with Gasteiger partial charge < -0.3 is 19.1 Å². The molecular weight excluding hydrogens is 461 g/mol. The summed E-state index contributed by atoms with van der Waals surface area (Å²) in [6, 6.07) is 11.6. The monoisotopic (exact) mass is 491 g/mol. The summed E-state index contributed by atoms with van der Waals surface area (Å²) in [6.07, 6.45) is 2.23. The average molecular weight is 492 g/mol. The van der Waals surface area contributed by atoms with Crippen LogP contribution in [0.3, 0.4) is 0 Å². The van der Waals surface area contributed by atoms with E-state index in [1.54, 1.807) is 0 Å². The van der Waals surface area contributed by atoms with E-state index in [-0.39, 0.29) is 11.6 Å². The highest BCUT2D eigenvalue weighted by Crippen LogP contribution is 2.45. The van der Waals surface area contributed by atoms with Gasteiger partial charge in [0.2, 0.25) is 0 Å². The van der Waals surface area contributed by atoms with Crippen molar-refractivity contribution in [2.75, 3.05) is 19.6 Å². The summed E-state index contributed by atoms with van der Waals surface area (Å²) in [4.78, 5) is 14.3. The number of benzene rings is 2. The first-order valence-electron chi connectivity index (χ1n) is 11.4. The molecule has 1 saturated heterocycles. The van der Waals surface area contributed by atoms with Gasteiger partial charge in [0.15, 0.2) is 0 Å². The van der Waals surface area contributed by atoms with Crippen LogP contribution in [0.15, 0.2) is 36.4 Å². The number of hydrogen-bond acceptors (Lipinski definition) is 5. The number of carbonyl (C=O) groups is 1. The second-order valence-corrected chi connectivity index (χ2v) is 10.6. The molecule has 0 N–H and O–H groups in total. The first kappa shape index (κ1) is 24.3. The maximum atomic E-state index is 12.0. The van der Waals surface area contributed by atoms with Crippen LogP contribution >= 0.6 is 23.2 Å². The number of piperidine rings is 1. The molecule has 1 fully saturated rings. The Balaban J connectivity index is 1.33. The number of rotatable bonds is 6. The van der Waals surface area contributed by atoms with Gasteiger partial charge in [-0.1, -0.05) is 35.3 Å². The first-order chi connectivity index (χ1) is 15.7. The Morgan fingerprint density at radius 1 is 1.12 bits per heavy atom. The summed E-state index contributed by atoms with van der Waals surface area (Å²) in [5.41, 5.74) is 2.51. The van der Waals surface area contributed by atoms with Crippen LogP contribution in [0.1, 0.15) is 56.7 Å².